The van der Waals surface area contributed by atoms with Crippen molar-refractivity contribution in [3.05, 3.63) is 12.3 Å². The summed E-state index contributed by atoms with van der Waals surface area (Å²) in [6.07, 6.45) is 3.70. The van der Waals surface area contributed by atoms with Crippen molar-refractivity contribution in [1.29, 1.82) is 0 Å². The van der Waals surface area contributed by atoms with Crippen LogP contribution in [0, 0.1) is 0 Å². The molecule has 0 spiro atoms. The fraction of sp³-hybridized carbons (Fsp3) is 0.667. The number of hydrogen-bond acceptors (Lipinski definition) is 3. The molecule has 1 unspecified atom stereocenters. The first kappa shape index (κ1) is 10.1. The fourth-order valence-electron chi connectivity index (χ4n) is 1.43. The lowest BCUT2D eigenvalue weighted by atomic mass is 10.1. The average Bonchev–Trinajstić information content (AvgIpc) is 2.45. The summed E-state index contributed by atoms with van der Waals surface area (Å²) >= 11 is 0. The first-order chi connectivity index (χ1) is 6.06. The molecule has 0 aromatic heterocycles. The van der Waals surface area contributed by atoms with Crippen LogP contribution in [0.25, 0.3) is 0 Å². The van der Waals surface area contributed by atoms with Gasteiger partial charge in [-0.25, -0.2) is 4.79 Å². The van der Waals surface area contributed by atoms with Crippen LogP contribution in [0.5, 0.6) is 0 Å². The highest BCUT2D eigenvalue weighted by atomic mass is 16.5. The fourth-order valence-corrected chi connectivity index (χ4v) is 1.43. The van der Waals surface area contributed by atoms with Crippen LogP contribution in [0.15, 0.2) is 12.3 Å². The van der Waals surface area contributed by atoms with Gasteiger partial charge in [-0.3, -0.25) is 0 Å². The smallest absolute Gasteiger partial charge is 0.329 e. The van der Waals surface area contributed by atoms with Crippen molar-refractivity contribution in [1.82, 2.24) is 4.90 Å². The minimum absolute atomic E-state index is 0.122. The van der Waals surface area contributed by atoms with Crippen LogP contribution in [-0.4, -0.2) is 41.8 Å². The summed E-state index contributed by atoms with van der Waals surface area (Å²) in [6.45, 7) is 3.64. The van der Waals surface area contributed by atoms with Gasteiger partial charge in [0, 0.05) is 32.5 Å². The van der Waals surface area contributed by atoms with Gasteiger partial charge in [0.05, 0.1) is 5.60 Å². The number of aliphatic carboxylic acids is 1. The second-order valence-corrected chi connectivity index (χ2v) is 3.53. The molecule has 0 saturated carbocycles. The molecular formula is C9H15NO3. The van der Waals surface area contributed by atoms with Gasteiger partial charge in [0.25, 0.3) is 0 Å². The molecule has 0 bridgehead atoms. The number of carboxylic acids is 1. The first-order valence-corrected chi connectivity index (χ1v) is 4.26. The van der Waals surface area contributed by atoms with Crippen molar-refractivity contribution in [2.24, 2.45) is 0 Å². The van der Waals surface area contributed by atoms with Crippen LogP contribution in [0.1, 0.15) is 13.3 Å². The van der Waals surface area contributed by atoms with Gasteiger partial charge < -0.3 is 14.7 Å². The third kappa shape index (κ3) is 2.73. The van der Waals surface area contributed by atoms with Gasteiger partial charge in [-0.2, -0.15) is 0 Å². The van der Waals surface area contributed by atoms with Crippen molar-refractivity contribution in [2.45, 2.75) is 18.9 Å². The maximum Gasteiger partial charge on any atom is 0.329 e. The topological polar surface area (TPSA) is 49.8 Å². The molecule has 0 aromatic rings. The van der Waals surface area contributed by atoms with E-state index in [-0.39, 0.29) is 5.60 Å². The van der Waals surface area contributed by atoms with E-state index in [1.54, 1.807) is 13.3 Å². The molecule has 0 aromatic carbocycles. The van der Waals surface area contributed by atoms with Gasteiger partial charge in [0.1, 0.15) is 0 Å². The highest BCUT2D eigenvalue weighted by molar-refractivity contribution is 5.79. The van der Waals surface area contributed by atoms with E-state index in [4.69, 9.17) is 9.84 Å². The van der Waals surface area contributed by atoms with E-state index >= 15 is 0 Å². The van der Waals surface area contributed by atoms with Crippen LogP contribution in [0.4, 0.5) is 0 Å². The van der Waals surface area contributed by atoms with Crippen molar-refractivity contribution < 1.29 is 14.6 Å². The highest BCUT2D eigenvalue weighted by Crippen LogP contribution is 2.23. The molecule has 0 amide bonds. The van der Waals surface area contributed by atoms with Gasteiger partial charge in [0.15, 0.2) is 0 Å². The maximum atomic E-state index is 10.2. The number of ether oxygens (including phenoxy) is 1. The van der Waals surface area contributed by atoms with E-state index in [9.17, 15) is 4.79 Å². The van der Waals surface area contributed by atoms with Crippen LogP contribution in [-0.2, 0) is 9.53 Å². The Labute approximate surface area is 77.8 Å². The number of rotatable bonds is 3. The summed E-state index contributed by atoms with van der Waals surface area (Å²) in [7, 11) is 1.68. The van der Waals surface area contributed by atoms with Gasteiger partial charge in [-0.15, -0.1) is 0 Å². The third-order valence-corrected chi connectivity index (χ3v) is 2.39. The van der Waals surface area contributed by atoms with Crippen molar-refractivity contribution >= 4 is 5.97 Å². The molecule has 1 fully saturated rings. The largest absolute Gasteiger partial charge is 0.478 e. The molecule has 1 rings (SSSR count). The highest BCUT2D eigenvalue weighted by Gasteiger charge is 2.31. The molecule has 1 heterocycles. The molecule has 0 radical (unpaired) electrons. The number of carboxylic acid groups (broad SMARTS) is 1. The Bertz CT molecular complexity index is 227. The molecule has 4 heteroatoms. The van der Waals surface area contributed by atoms with E-state index in [1.165, 1.54) is 0 Å². The summed E-state index contributed by atoms with van der Waals surface area (Å²) in [4.78, 5) is 12.2. The Morgan fingerprint density at radius 2 is 2.38 bits per heavy atom. The monoisotopic (exact) mass is 185 g/mol. The second-order valence-electron chi connectivity index (χ2n) is 3.53. The lowest BCUT2D eigenvalue weighted by Gasteiger charge is -2.21. The maximum absolute atomic E-state index is 10.2. The summed E-state index contributed by atoms with van der Waals surface area (Å²) < 4.78 is 5.31. The zero-order chi connectivity index (χ0) is 9.90. The Balaban J connectivity index is 2.46. The summed E-state index contributed by atoms with van der Waals surface area (Å²) in [5, 5.41) is 8.42. The van der Waals surface area contributed by atoms with Crippen LogP contribution in [0.3, 0.4) is 0 Å². The summed E-state index contributed by atoms with van der Waals surface area (Å²) in [5.41, 5.74) is -0.122. The predicted molar refractivity (Wildman–Crippen MR) is 48.4 cm³/mol. The number of methoxy groups -OCH3 is 1. The van der Waals surface area contributed by atoms with Crippen molar-refractivity contribution in [3.63, 3.8) is 0 Å². The second kappa shape index (κ2) is 3.79. The molecule has 4 nitrogen and oxygen atoms in total. The molecule has 1 aliphatic heterocycles. The third-order valence-electron chi connectivity index (χ3n) is 2.39. The molecule has 1 saturated heterocycles. The minimum Gasteiger partial charge on any atom is -0.478 e. The van der Waals surface area contributed by atoms with Crippen molar-refractivity contribution in [2.75, 3.05) is 20.2 Å². The van der Waals surface area contributed by atoms with Gasteiger partial charge >= 0.3 is 5.97 Å². The zero-order valence-electron chi connectivity index (χ0n) is 7.99. The predicted octanol–water partition coefficient (Wildman–Crippen LogP) is 0.696. The van der Waals surface area contributed by atoms with Gasteiger partial charge in [0.2, 0.25) is 0 Å². The molecule has 1 aliphatic rings. The average molecular weight is 185 g/mol. The SMILES string of the molecule is COC1(C)CCN(/C=C/C(=O)O)C1. The number of likely N-dealkylation sites (tertiary alicyclic amines) is 1. The van der Waals surface area contributed by atoms with E-state index in [0.717, 1.165) is 25.6 Å². The minimum atomic E-state index is -0.911. The Kier molecular flexibility index (Phi) is 2.93. The Morgan fingerprint density at radius 3 is 2.85 bits per heavy atom. The lowest BCUT2D eigenvalue weighted by molar-refractivity contribution is -0.131. The lowest BCUT2D eigenvalue weighted by Crippen LogP contribution is -2.30. The van der Waals surface area contributed by atoms with Crippen LogP contribution < -0.4 is 0 Å². The summed E-state index contributed by atoms with van der Waals surface area (Å²) in [6, 6.07) is 0. The molecule has 0 aliphatic carbocycles. The number of nitrogens with zero attached hydrogens (tertiary/aromatic N) is 1. The molecule has 13 heavy (non-hydrogen) atoms. The van der Waals surface area contributed by atoms with E-state index in [1.807, 2.05) is 11.8 Å². The molecule has 1 atom stereocenters. The van der Waals surface area contributed by atoms with Gasteiger partial charge in [-0.1, -0.05) is 0 Å². The quantitative estimate of drug-likeness (QED) is 0.657. The molecule has 74 valence electrons. The first-order valence-electron chi connectivity index (χ1n) is 4.26. The van der Waals surface area contributed by atoms with Crippen molar-refractivity contribution in [3.8, 4) is 0 Å². The summed E-state index contributed by atoms with van der Waals surface area (Å²) in [5.74, 6) is -0.911. The van der Waals surface area contributed by atoms with Crippen LogP contribution >= 0.6 is 0 Å². The Hall–Kier alpha value is -1.03. The van der Waals surface area contributed by atoms with E-state index < -0.39 is 5.97 Å². The number of carbonyl (C=O) groups is 1. The standard InChI is InChI=1S/C9H15NO3/c1-9(13-2)4-6-10(7-9)5-3-8(11)12/h3,5H,4,6-7H2,1-2H3,(H,11,12)/b5-3+. The van der Waals surface area contributed by atoms with Gasteiger partial charge in [-0.05, 0) is 13.3 Å². The molecule has 1 N–H and O–H groups in total. The number of hydrogen-bond donors (Lipinski definition) is 1. The van der Waals surface area contributed by atoms with E-state index in [0.29, 0.717) is 0 Å². The molecular weight excluding hydrogens is 170 g/mol. The zero-order valence-corrected chi connectivity index (χ0v) is 7.99. The van der Waals surface area contributed by atoms with E-state index in [2.05, 4.69) is 0 Å². The normalized spacial score (nSPS) is 28.6. The Morgan fingerprint density at radius 1 is 1.69 bits per heavy atom. The van der Waals surface area contributed by atoms with Crippen LogP contribution in [0.2, 0.25) is 0 Å².